The molecular formula is C19H23N3O2. The molecule has 0 spiro atoms. The minimum atomic E-state index is -0.0725. The summed E-state index contributed by atoms with van der Waals surface area (Å²) in [5.41, 5.74) is 1.73. The van der Waals surface area contributed by atoms with Gasteiger partial charge in [0.2, 0.25) is 0 Å². The lowest BCUT2D eigenvalue weighted by Gasteiger charge is -2.19. The molecule has 0 bridgehead atoms. The third kappa shape index (κ3) is 3.67. The second-order valence-electron chi connectivity index (χ2n) is 6.55. The van der Waals surface area contributed by atoms with Crippen molar-refractivity contribution < 1.29 is 9.90 Å². The molecule has 1 N–H and O–H groups in total. The largest absolute Gasteiger partial charge is 0.508 e. The first-order valence-corrected chi connectivity index (χ1v) is 8.24. The second kappa shape index (κ2) is 6.91. The number of benzene rings is 1. The van der Waals surface area contributed by atoms with Crippen molar-refractivity contribution in [2.75, 3.05) is 32.1 Å². The molecule has 126 valence electrons. The van der Waals surface area contributed by atoms with Crippen LogP contribution in [0.4, 0.5) is 5.82 Å². The molecule has 1 saturated heterocycles. The SMILES string of the molecule is CN(C)C(=O)c1cccc(N2CCC(Cc3ccc(O)cc3)C2)n1. The predicted molar refractivity (Wildman–Crippen MR) is 94.4 cm³/mol. The zero-order valence-corrected chi connectivity index (χ0v) is 14.1. The lowest BCUT2D eigenvalue weighted by Crippen LogP contribution is -2.25. The molecule has 0 aliphatic carbocycles. The van der Waals surface area contributed by atoms with E-state index in [4.69, 9.17) is 0 Å². The molecule has 1 aromatic heterocycles. The average Bonchev–Trinajstić information content (AvgIpc) is 3.05. The van der Waals surface area contributed by atoms with Crippen LogP contribution in [0, 0.1) is 5.92 Å². The van der Waals surface area contributed by atoms with Crippen LogP contribution >= 0.6 is 0 Å². The summed E-state index contributed by atoms with van der Waals surface area (Å²) in [6, 6.07) is 13.1. The Hall–Kier alpha value is -2.56. The minimum Gasteiger partial charge on any atom is -0.508 e. The Morgan fingerprint density at radius 2 is 2.00 bits per heavy atom. The maximum atomic E-state index is 12.1. The molecule has 1 aromatic carbocycles. The van der Waals surface area contributed by atoms with Gasteiger partial charge in [0.1, 0.15) is 17.3 Å². The van der Waals surface area contributed by atoms with Crippen LogP contribution in [0.5, 0.6) is 5.75 Å². The molecule has 1 atom stereocenters. The van der Waals surface area contributed by atoms with E-state index in [0.29, 0.717) is 17.4 Å². The number of phenols is 1. The first-order chi connectivity index (χ1) is 11.5. The fraction of sp³-hybridized carbons (Fsp3) is 0.368. The zero-order chi connectivity index (χ0) is 17.1. The van der Waals surface area contributed by atoms with E-state index in [1.54, 1.807) is 37.2 Å². The van der Waals surface area contributed by atoms with Gasteiger partial charge in [-0.15, -0.1) is 0 Å². The summed E-state index contributed by atoms with van der Waals surface area (Å²) in [5.74, 6) is 1.66. The molecule has 0 radical (unpaired) electrons. The highest BCUT2D eigenvalue weighted by Gasteiger charge is 2.24. The second-order valence-corrected chi connectivity index (χ2v) is 6.55. The van der Waals surface area contributed by atoms with E-state index in [1.165, 1.54) is 5.56 Å². The van der Waals surface area contributed by atoms with Crippen LogP contribution in [0.15, 0.2) is 42.5 Å². The van der Waals surface area contributed by atoms with Gasteiger partial charge in [-0.2, -0.15) is 0 Å². The van der Waals surface area contributed by atoms with Crippen molar-refractivity contribution in [1.82, 2.24) is 9.88 Å². The van der Waals surface area contributed by atoms with Crippen molar-refractivity contribution >= 4 is 11.7 Å². The highest BCUT2D eigenvalue weighted by atomic mass is 16.3. The standard InChI is InChI=1S/C19H23N3O2/c1-21(2)19(24)17-4-3-5-18(20-17)22-11-10-15(13-22)12-14-6-8-16(23)9-7-14/h3-9,15,23H,10-13H2,1-2H3. The molecule has 2 aromatic rings. The summed E-state index contributed by atoms with van der Waals surface area (Å²) in [6.07, 6.45) is 2.10. The number of nitrogens with zero attached hydrogens (tertiary/aromatic N) is 3. The first kappa shape index (κ1) is 16.3. The van der Waals surface area contributed by atoms with E-state index in [2.05, 4.69) is 9.88 Å². The molecule has 3 rings (SSSR count). The fourth-order valence-electron chi connectivity index (χ4n) is 3.12. The molecule has 0 saturated carbocycles. The number of aromatic hydroxyl groups is 1. The summed E-state index contributed by atoms with van der Waals surface area (Å²) in [7, 11) is 3.47. The number of amides is 1. The average molecular weight is 325 g/mol. The molecular weight excluding hydrogens is 302 g/mol. The van der Waals surface area contributed by atoms with E-state index in [0.717, 1.165) is 31.7 Å². The molecule has 1 aliphatic rings. The van der Waals surface area contributed by atoms with Gasteiger partial charge in [-0.3, -0.25) is 4.79 Å². The summed E-state index contributed by atoms with van der Waals surface area (Å²) in [5, 5.41) is 9.37. The topological polar surface area (TPSA) is 56.7 Å². The molecule has 1 amide bonds. The van der Waals surface area contributed by atoms with Crippen LogP contribution in [0.1, 0.15) is 22.5 Å². The Bertz CT molecular complexity index is 713. The van der Waals surface area contributed by atoms with Gasteiger partial charge in [0.05, 0.1) is 0 Å². The van der Waals surface area contributed by atoms with Gasteiger partial charge in [-0.1, -0.05) is 18.2 Å². The number of anilines is 1. The highest BCUT2D eigenvalue weighted by Crippen LogP contribution is 2.25. The van der Waals surface area contributed by atoms with Crippen LogP contribution in [0.3, 0.4) is 0 Å². The van der Waals surface area contributed by atoms with Gasteiger partial charge in [0, 0.05) is 27.2 Å². The predicted octanol–water partition coefficient (Wildman–Crippen LogP) is 2.56. The fourth-order valence-corrected chi connectivity index (χ4v) is 3.12. The number of phenolic OH excluding ortho intramolecular Hbond substituents is 1. The quantitative estimate of drug-likeness (QED) is 0.938. The normalized spacial score (nSPS) is 17.1. The number of rotatable bonds is 4. The van der Waals surface area contributed by atoms with Crippen LogP contribution < -0.4 is 4.90 Å². The number of carbonyl (C=O) groups is 1. The van der Waals surface area contributed by atoms with Crippen molar-refractivity contribution in [3.05, 3.63) is 53.7 Å². The van der Waals surface area contributed by atoms with Crippen LogP contribution in [0.2, 0.25) is 0 Å². The van der Waals surface area contributed by atoms with Gasteiger partial charge in [-0.05, 0) is 48.6 Å². The van der Waals surface area contributed by atoms with Gasteiger partial charge in [0.25, 0.3) is 5.91 Å². The number of carbonyl (C=O) groups excluding carboxylic acids is 1. The van der Waals surface area contributed by atoms with Crippen molar-refractivity contribution in [2.45, 2.75) is 12.8 Å². The Balaban J connectivity index is 1.66. The summed E-state index contributed by atoms with van der Waals surface area (Å²) in [4.78, 5) is 20.4. The Kier molecular flexibility index (Phi) is 4.69. The van der Waals surface area contributed by atoms with Gasteiger partial charge in [0.15, 0.2) is 0 Å². The third-order valence-electron chi connectivity index (χ3n) is 4.43. The smallest absolute Gasteiger partial charge is 0.272 e. The van der Waals surface area contributed by atoms with Crippen molar-refractivity contribution in [2.24, 2.45) is 5.92 Å². The zero-order valence-electron chi connectivity index (χ0n) is 14.1. The molecule has 5 nitrogen and oxygen atoms in total. The first-order valence-electron chi connectivity index (χ1n) is 8.24. The van der Waals surface area contributed by atoms with E-state index in [9.17, 15) is 9.90 Å². The molecule has 1 aliphatic heterocycles. The lowest BCUT2D eigenvalue weighted by molar-refractivity contribution is 0.0822. The maximum Gasteiger partial charge on any atom is 0.272 e. The summed E-state index contributed by atoms with van der Waals surface area (Å²) >= 11 is 0. The highest BCUT2D eigenvalue weighted by molar-refractivity contribution is 5.92. The van der Waals surface area contributed by atoms with Crippen molar-refractivity contribution in [1.29, 1.82) is 0 Å². The van der Waals surface area contributed by atoms with Crippen molar-refractivity contribution in [3.8, 4) is 5.75 Å². The maximum absolute atomic E-state index is 12.1. The van der Waals surface area contributed by atoms with E-state index < -0.39 is 0 Å². The van der Waals surface area contributed by atoms with Gasteiger partial charge < -0.3 is 14.9 Å². The van der Waals surface area contributed by atoms with Gasteiger partial charge in [-0.25, -0.2) is 4.98 Å². The Morgan fingerprint density at radius 1 is 1.25 bits per heavy atom. The van der Waals surface area contributed by atoms with E-state index >= 15 is 0 Å². The van der Waals surface area contributed by atoms with Crippen LogP contribution in [-0.2, 0) is 6.42 Å². The Morgan fingerprint density at radius 3 is 2.71 bits per heavy atom. The van der Waals surface area contributed by atoms with Gasteiger partial charge >= 0.3 is 0 Å². The number of hydrogen-bond donors (Lipinski definition) is 1. The monoisotopic (exact) mass is 325 g/mol. The third-order valence-corrected chi connectivity index (χ3v) is 4.43. The lowest BCUT2D eigenvalue weighted by atomic mass is 9.99. The molecule has 1 fully saturated rings. The van der Waals surface area contributed by atoms with Crippen molar-refractivity contribution in [3.63, 3.8) is 0 Å². The minimum absolute atomic E-state index is 0.0725. The number of pyridine rings is 1. The molecule has 24 heavy (non-hydrogen) atoms. The molecule has 5 heteroatoms. The summed E-state index contributed by atoms with van der Waals surface area (Å²) in [6.45, 7) is 1.89. The Labute approximate surface area is 142 Å². The van der Waals surface area contributed by atoms with E-state index in [1.807, 2.05) is 24.3 Å². The summed E-state index contributed by atoms with van der Waals surface area (Å²) < 4.78 is 0. The van der Waals surface area contributed by atoms with Crippen LogP contribution in [-0.4, -0.2) is 48.1 Å². The number of aromatic nitrogens is 1. The van der Waals surface area contributed by atoms with E-state index in [-0.39, 0.29) is 5.91 Å². The molecule has 2 heterocycles. The number of hydrogen-bond acceptors (Lipinski definition) is 4. The molecule has 1 unspecified atom stereocenters. The van der Waals surface area contributed by atoms with Crippen LogP contribution in [0.25, 0.3) is 0 Å².